The summed E-state index contributed by atoms with van der Waals surface area (Å²) in [6.07, 6.45) is 6.83. The number of halogens is 1. The van der Waals surface area contributed by atoms with Crippen molar-refractivity contribution >= 4 is 17.1 Å². The summed E-state index contributed by atoms with van der Waals surface area (Å²) in [5.41, 5.74) is 2.64. The van der Waals surface area contributed by atoms with Crippen LogP contribution in [-0.2, 0) is 0 Å². The molecule has 0 spiro atoms. The molecule has 0 radical (unpaired) electrons. The molecular formula is C11H7ClN4. The first-order chi connectivity index (χ1) is 7.84. The summed E-state index contributed by atoms with van der Waals surface area (Å²) in [5.74, 6) is 0. The van der Waals surface area contributed by atoms with Crippen LogP contribution in [0.4, 0.5) is 0 Å². The molecule has 3 aromatic heterocycles. The van der Waals surface area contributed by atoms with E-state index in [9.17, 15) is 0 Å². The van der Waals surface area contributed by atoms with Crippen molar-refractivity contribution in [1.29, 1.82) is 0 Å². The van der Waals surface area contributed by atoms with Gasteiger partial charge in [0.2, 0.25) is 0 Å². The minimum Gasteiger partial charge on any atom is -0.259 e. The molecule has 0 saturated carbocycles. The summed E-state index contributed by atoms with van der Waals surface area (Å²) in [6, 6.07) is 5.86. The largest absolute Gasteiger partial charge is 0.259 e. The quantitative estimate of drug-likeness (QED) is 0.645. The van der Waals surface area contributed by atoms with Crippen LogP contribution in [0.5, 0.6) is 0 Å². The fourth-order valence-electron chi connectivity index (χ4n) is 1.60. The molecule has 0 unspecified atom stereocenters. The van der Waals surface area contributed by atoms with Crippen LogP contribution in [0.15, 0.2) is 43.0 Å². The van der Waals surface area contributed by atoms with E-state index in [2.05, 4.69) is 15.1 Å². The Kier molecular flexibility index (Phi) is 2.08. The van der Waals surface area contributed by atoms with Crippen molar-refractivity contribution in [3.05, 3.63) is 48.1 Å². The van der Waals surface area contributed by atoms with E-state index in [1.165, 1.54) is 6.20 Å². The normalized spacial score (nSPS) is 10.8. The maximum Gasteiger partial charge on any atom is 0.148 e. The Balaban J connectivity index is 2.26. The lowest BCUT2D eigenvalue weighted by atomic mass is 10.2. The molecule has 0 aliphatic carbocycles. The molecule has 0 N–H and O–H groups in total. The molecule has 0 aliphatic rings. The van der Waals surface area contributed by atoms with Crippen molar-refractivity contribution in [3.63, 3.8) is 0 Å². The van der Waals surface area contributed by atoms with Gasteiger partial charge in [0.15, 0.2) is 0 Å². The average molecular weight is 231 g/mol. The van der Waals surface area contributed by atoms with Crippen molar-refractivity contribution in [2.45, 2.75) is 0 Å². The Bertz CT molecular complexity index is 647. The summed E-state index contributed by atoms with van der Waals surface area (Å²) in [7, 11) is 0. The second-order valence-electron chi connectivity index (χ2n) is 3.32. The second kappa shape index (κ2) is 3.57. The maximum atomic E-state index is 5.81. The third-order valence-electron chi connectivity index (χ3n) is 2.31. The lowest BCUT2D eigenvalue weighted by molar-refractivity contribution is 0.961. The average Bonchev–Trinajstić information content (AvgIpc) is 2.72. The number of pyridine rings is 1. The zero-order chi connectivity index (χ0) is 11.0. The first-order valence-electron chi connectivity index (χ1n) is 4.75. The van der Waals surface area contributed by atoms with E-state index in [1.807, 2.05) is 24.4 Å². The number of hydrogen-bond acceptors (Lipinski definition) is 3. The van der Waals surface area contributed by atoms with Crippen molar-refractivity contribution in [2.75, 3.05) is 0 Å². The predicted octanol–water partition coefficient (Wildman–Crippen LogP) is 2.44. The van der Waals surface area contributed by atoms with Gasteiger partial charge in [-0.05, 0) is 12.1 Å². The molecule has 0 amide bonds. The van der Waals surface area contributed by atoms with E-state index in [1.54, 1.807) is 16.9 Å². The minimum absolute atomic E-state index is 0.382. The molecule has 0 bridgehead atoms. The van der Waals surface area contributed by atoms with E-state index in [0.717, 1.165) is 16.8 Å². The third kappa shape index (κ3) is 1.44. The molecule has 0 atom stereocenters. The van der Waals surface area contributed by atoms with Gasteiger partial charge in [0.05, 0.1) is 29.8 Å². The lowest BCUT2D eigenvalue weighted by Gasteiger charge is -1.98. The molecule has 5 heteroatoms. The molecule has 78 valence electrons. The lowest BCUT2D eigenvalue weighted by Crippen LogP contribution is -1.86. The summed E-state index contributed by atoms with van der Waals surface area (Å²) < 4.78 is 1.79. The van der Waals surface area contributed by atoms with Crippen LogP contribution in [0, 0.1) is 0 Å². The van der Waals surface area contributed by atoms with Gasteiger partial charge in [0.1, 0.15) is 5.15 Å². The number of rotatable bonds is 1. The van der Waals surface area contributed by atoms with Gasteiger partial charge < -0.3 is 0 Å². The molecule has 16 heavy (non-hydrogen) atoms. The van der Waals surface area contributed by atoms with E-state index < -0.39 is 0 Å². The molecule has 3 rings (SSSR count). The SMILES string of the molecule is Clc1cncc(-c2cnn3ccccc23)n1. The van der Waals surface area contributed by atoms with Crippen molar-refractivity contribution < 1.29 is 0 Å². The van der Waals surface area contributed by atoms with Crippen LogP contribution in [-0.4, -0.2) is 19.6 Å². The molecular weight excluding hydrogens is 224 g/mol. The van der Waals surface area contributed by atoms with Crippen LogP contribution < -0.4 is 0 Å². The fourth-order valence-corrected chi connectivity index (χ4v) is 1.75. The molecule has 0 aliphatic heterocycles. The van der Waals surface area contributed by atoms with Gasteiger partial charge in [0, 0.05) is 11.8 Å². The molecule has 3 heterocycles. The van der Waals surface area contributed by atoms with Crippen LogP contribution in [0.25, 0.3) is 16.8 Å². The van der Waals surface area contributed by atoms with E-state index in [0.29, 0.717) is 5.15 Å². The van der Waals surface area contributed by atoms with E-state index >= 15 is 0 Å². The van der Waals surface area contributed by atoms with Crippen molar-refractivity contribution in [2.24, 2.45) is 0 Å². The van der Waals surface area contributed by atoms with Crippen LogP contribution in [0.1, 0.15) is 0 Å². The van der Waals surface area contributed by atoms with Gasteiger partial charge in [-0.3, -0.25) is 4.98 Å². The summed E-state index contributed by atoms with van der Waals surface area (Å²) in [5, 5.41) is 4.61. The number of nitrogens with zero attached hydrogens (tertiary/aromatic N) is 4. The summed E-state index contributed by atoms with van der Waals surface area (Å²) in [4.78, 5) is 8.23. The molecule has 0 aromatic carbocycles. The Morgan fingerprint density at radius 3 is 2.94 bits per heavy atom. The van der Waals surface area contributed by atoms with Gasteiger partial charge in [0.25, 0.3) is 0 Å². The van der Waals surface area contributed by atoms with Crippen molar-refractivity contribution in [1.82, 2.24) is 19.6 Å². The Morgan fingerprint density at radius 1 is 1.12 bits per heavy atom. The van der Waals surface area contributed by atoms with Crippen LogP contribution >= 0.6 is 11.6 Å². The van der Waals surface area contributed by atoms with Crippen molar-refractivity contribution in [3.8, 4) is 11.3 Å². The fraction of sp³-hybridized carbons (Fsp3) is 0. The monoisotopic (exact) mass is 230 g/mol. The highest BCUT2D eigenvalue weighted by Gasteiger charge is 2.07. The Labute approximate surface area is 96.5 Å². The first kappa shape index (κ1) is 9.30. The summed E-state index contributed by atoms with van der Waals surface area (Å²) >= 11 is 5.81. The highest BCUT2D eigenvalue weighted by Crippen LogP contribution is 2.22. The highest BCUT2D eigenvalue weighted by atomic mass is 35.5. The van der Waals surface area contributed by atoms with Crippen LogP contribution in [0.3, 0.4) is 0 Å². The van der Waals surface area contributed by atoms with Gasteiger partial charge in [-0.15, -0.1) is 0 Å². The van der Waals surface area contributed by atoms with Gasteiger partial charge in [-0.2, -0.15) is 5.10 Å². The molecule has 3 aromatic rings. The van der Waals surface area contributed by atoms with Gasteiger partial charge in [-0.25, -0.2) is 9.50 Å². The van der Waals surface area contributed by atoms with E-state index in [-0.39, 0.29) is 0 Å². The zero-order valence-corrected chi connectivity index (χ0v) is 8.96. The highest BCUT2D eigenvalue weighted by molar-refractivity contribution is 6.29. The predicted molar refractivity (Wildman–Crippen MR) is 61.2 cm³/mol. The zero-order valence-electron chi connectivity index (χ0n) is 8.21. The van der Waals surface area contributed by atoms with E-state index in [4.69, 9.17) is 11.6 Å². The number of aromatic nitrogens is 4. The maximum absolute atomic E-state index is 5.81. The minimum atomic E-state index is 0.382. The van der Waals surface area contributed by atoms with Gasteiger partial charge >= 0.3 is 0 Å². The molecule has 0 saturated heterocycles. The smallest absolute Gasteiger partial charge is 0.148 e. The standard InChI is InChI=1S/C11H7ClN4/c12-11-7-13-6-9(15-11)8-5-14-16-4-2-1-3-10(8)16/h1-7H. The number of fused-ring (bicyclic) bond motifs is 1. The Hall–Kier alpha value is -1.94. The number of hydrogen-bond donors (Lipinski definition) is 0. The van der Waals surface area contributed by atoms with Gasteiger partial charge in [-0.1, -0.05) is 17.7 Å². The summed E-state index contributed by atoms with van der Waals surface area (Å²) in [6.45, 7) is 0. The van der Waals surface area contributed by atoms with Crippen LogP contribution in [0.2, 0.25) is 5.15 Å². The topological polar surface area (TPSA) is 43.1 Å². The first-order valence-corrected chi connectivity index (χ1v) is 5.13. The Morgan fingerprint density at radius 2 is 2.06 bits per heavy atom. The molecule has 4 nitrogen and oxygen atoms in total. The molecule has 0 fully saturated rings. The third-order valence-corrected chi connectivity index (χ3v) is 2.49. The second-order valence-corrected chi connectivity index (χ2v) is 3.70.